The molecule has 232 valence electrons. The van der Waals surface area contributed by atoms with Gasteiger partial charge in [-0.3, -0.25) is 4.79 Å². The summed E-state index contributed by atoms with van der Waals surface area (Å²) in [5.74, 6) is -3.84. The Morgan fingerprint density at radius 2 is 1.68 bits per heavy atom. The normalized spacial score (nSPS) is 25.7. The number of sulfonamides is 1. The average molecular weight is 622 g/mol. The molecule has 4 rings (SSSR count). The fourth-order valence-corrected chi connectivity index (χ4v) is 9.17. The second-order valence-electron chi connectivity index (χ2n) is 12.6. The molecule has 5 atom stereocenters. The molecule has 0 aromatic heterocycles. The van der Waals surface area contributed by atoms with Crippen molar-refractivity contribution in [1.82, 2.24) is 13.9 Å². The maximum atomic E-state index is 14.6. The number of carbonyl (C=O) groups is 1. The van der Waals surface area contributed by atoms with E-state index in [4.69, 9.17) is 4.74 Å². The van der Waals surface area contributed by atoms with E-state index in [1.54, 1.807) is 32.1 Å². The predicted molar refractivity (Wildman–Crippen MR) is 151 cm³/mol. The zero-order chi connectivity index (χ0) is 30.1. The first-order valence-electron chi connectivity index (χ1n) is 14.3. The molecule has 0 radical (unpaired) electrons. The summed E-state index contributed by atoms with van der Waals surface area (Å²) in [7, 11) is -2.03. The van der Waals surface area contributed by atoms with Crippen LogP contribution in [0.3, 0.4) is 0 Å². The van der Waals surface area contributed by atoms with Gasteiger partial charge in [0.05, 0.1) is 11.8 Å². The van der Waals surface area contributed by atoms with Gasteiger partial charge in [0, 0.05) is 62.2 Å². The standard InChI is InChI=1S/C28H42F3N3O5S2/c1-28(2,3)40(36)32-26(16-19-15-24(30)25(31)17-23(19)29)20-13-21-5-6-22(14-20)34(21)41(37,38)12-9-33(4)27(35)18-7-10-39-11-8-18/h15,17-18,20-22,26,32H,5-14,16H2,1-4H3/t20?,21-,22+,26-,40?/m1/s1. The molecule has 3 aliphatic heterocycles. The van der Waals surface area contributed by atoms with Crippen LogP contribution in [0.4, 0.5) is 13.2 Å². The molecular formula is C28H42F3N3O5S2. The minimum atomic E-state index is -3.67. The number of nitrogens with zero attached hydrogens (tertiary/aromatic N) is 2. The van der Waals surface area contributed by atoms with Crippen molar-refractivity contribution in [2.24, 2.45) is 11.8 Å². The Morgan fingerprint density at radius 3 is 2.27 bits per heavy atom. The van der Waals surface area contributed by atoms with Gasteiger partial charge < -0.3 is 14.2 Å². The number of nitrogens with one attached hydrogen (secondary N) is 1. The van der Waals surface area contributed by atoms with Crippen molar-refractivity contribution in [3.05, 3.63) is 35.1 Å². The lowest BCUT2D eigenvalue weighted by Gasteiger charge is -2.41. The lowest BCUT2D eigenvalue weighted by atomic mass is 9.83. The minimum Gasteiger partial charge on any atom is -0.598 e. The fraction of sp³-hybridized carbons (Fsp3) is 0.750. The molecule has 2 bridgehead atoms. The topological polar surface area (TPSA) is 102 Å². The number of fused-ring (bicyclic) bond motifs is 2. The molecular weight excluding hydrogens is 579 g/mol. The SMILES string of the molecule is CN(CCS(=O)(=O)N1[C@@H]2CC[C@H]1CC([C@@H](Cc1cc(F)c(F)cc1F)N[S+]([O-])C(C)(C)C)C2)C(=O)C1CCOCC1. The molecule has 8 nitrogen and oxygen atoms in total. The van der Waals surface area contributed by atoms with Gasteiger partial charge in [-0.25, -0.2) is 21.6 Å². The van der Waals surface area contributed by atoms with Crippen LogP contribution in [0.1, 0.15) is 64.9 Å². The lowest BCUT2D eigenvalue weighted by Crippen LogP contribution is -2.54. The van der Waals surface area contributed by atoms with Crippen LogP contribution in [0.5, 0.6) is 0 Å². The first-order valence-corrected chi connectivity index (χ1v) is 17.1. The summed E-state index contributed by atoms with van der Waals surface area (Å²) in [5, 5.41) is 0. The molecule has 3 saturated heterocycles. The number of hydrogen-bond acceptors (Lipinski definition) is 6. The number of halogens is 3. The highest BCUT2D eigenvalue weighted by Crippen LogP contribution is 2.42. The zero-order valence-electron chi connectivity index (χ0n) is 24.2. The van der Waals surface area contributed by atoms with E-state index in [1.807, 2.05) is 0 Å². The molecule has 3 aliphatic rings. The maximum Gasteiger partial charge on any atom is 0.225 e. The van der Waals surface area contributed by atoms with E-state index >= 15 is 0 Å². The molecule has 0 spiro atoms. The molecule has 1 aromatic rings. The molecule has 13 heteroatoms. The van der Waals surface area contributed by atoms with Crippen LogP contribution in [-0.2, 0) is 37.3 Å². The van der Waals surface area contributed by atoms with E-state index in [9.17, 15) is 30.9 Å². The summed E-state index contributed by atoms with van der Waals surface area (Å²) in [6, 6.07) is 0.270. The Morgan fingerprint density at radius 1 is 1.10 bits per heavy atom. The van der Waals surface area contributed by atoms with Crippen molar-refractivity contribution >= 4 is 27.3 Å². The van der Waals surface area contributed by atoms with Gasteiger partial charge in [0.1, 0.15) is 10.6 Å². The van der Waals surface area contributed by atoms with Crippen molar-refractivity contribution in [2.75, 3.05) is 32.6 Å². The quantitative estimate of drug-likeness (QED) is 0.317. The Hall–Kier alpha value is -1.38. The Bertz CT molecular complexity index is 1180. The van der Waals surface area contributed by atoms with Gasteiger partial charge in [-0.15, -0.1) is 4.72 Å². The molecule has 41 heavy (non-hydrogen) atoms. The van der Waals surface area contributed by atoms with Crippen LogP contribution in [0.2, 0.25) is 0 Å². The van der Waals surface area contributed by atoms with Crippen LogP contribution < -0.4 is 4.72 Å². The highest BCUT2D eigenvalue weighted by atomic mass is 32.2. The third-order valence-corrected chi connectivity index (χ3v) is 12.1. The summed E-state index contributed by atoms with van der Waals surface area (Å²) in [6.45, 7) is 6.56. The van der Waals surface area contributed by atoms with Crippen LogP contribution in [0, 0.1) is 29.3 Å². The Balaban J connectivity index is 1.45. The van der Waals surface area contributed by atoms with Crippen molar-refractivity contribution in [1.29, 1.82) is 0 Å². The number of rotatable bonds is 10. The Kier molecular flexibility index (Phi) is 10.4. The molecule has 2 unspecified atom stereocenters. The molecule has 1 aromatic carbocycles. The summed E-state index contributed by atoms with van der Waals surface area (Å²) in [4.78, 5) is 14.3. The monoisotopic (exact) mass is 621 g/mol. The van der Waals surface area contributed by atoms with Crippen molar-refractivity contribution < 1.29 is 35.7 Å². The molecule has 0 aliphatic carbocycles. The van der Waals surface area contributed by atoms with Gasteiger partial charge in [0.15, 0.2) is 11.6 Å². The molecule has 1 amide bonds. The molecule has 3 heterocycles. The van der Waals surface area contributed by atoms with Crippen LogP contribution >= 0.6 is 0 Å². The zero-order valence-corrected chi connectivity index (χ0v) is 25.8. The van der Waals surface area contributed by atoms with Gasteiger partial charge >= 0.3 is 0 Å². The van der Waals surface area contributed by atoms with Crippen molar-refractivity contribution in [3.63, 3.8) is 0 Å². The minimum absolute atomic E-state index is 0.0131. The van der Waals surface area contributed by atoms with E-state index in [0.29, 0.717) is 57.8 Å². The van der Waals surface area contributed by atoms with E-state index in [1.165, 1.54) is 4.90 Å². The number of benzene rings is 1. The summed E-state index contributed by atoms with van der Waals surface area (Å²) in [5.41, 5.74) is -0.0214. The predicted octanol–water partition coefficient (Wildman–Crippen LogP) is 3.52. The summed E-state index contributed by atoms with van der Waals surface area (Å²) in [6.07, 6.45) is 3.54. The van der Waals surface area contributed by atoms with Gasteiger partial charge in [-0.1, -0.05) is 0 Å². The smallest absolute Gasteiger partial charge is 0.225 e. The number of amides is 1. The van der Waals surface area contributed by atoms with E-state index in [2.05, 4.69) is 4.72 Å². The fourth-order valence-electron chi connectivity index (χ4n) is 6.26. The summed E-state index contributed by atoms with van der Waals surface area (Å²) < 4.78 is 91.6. The number of ether oxygens (including phenoxy) is 1. The largest absolute Gasteiger partial charge is 0.598 e. The van der Waals surface area contributed by atoms with Crippen LogP contribution in [0.25, 0.3) is 0 Å². The third-order valence-electron chi connectivity index (χ3n) is 8.57. The van der Waals surface area contributed by atoms with Crippen LogP contribution in [0.15, 0.2) is 12.1 Å². The second-order valence-corrected chi connectivity index (χ2v) is 16.6. The molecule has 0 saturated carbocycles. The first-order chi connectivity index (χ1) is 19.2. The lowest BCUT2D eigenvalue weighted by molar-refractivity contribution is -0.136. The number of hydrogen-bond donors (Lipinski definition) is 1. The van der Waals surface area contributed by atoms with Crippen LogP contribution in [-0.4, -0.2) is 83.5 Å². The first kappa shape index (κ1) is 32.5. The molecule has 3 fully saturated rings. The number of piperidine rings is 1. The Labute approximate surface area is 244 Å². The summed E-state index contributed by atoms with van der Waals surface area (Å²) >= 11 is -1.52. The van der Waals surface area contributed by atoms with Gasteiger partial charge in [0.2, 0.25) is 15.9 Å². The molecule has 1 N–H and O–H groups in total. The third kappa shape index (κ3) is 7.77. The van der Waals surface area contributed by atoms with E-state index in [0.717, 1.165) is 6.07 Å². The average Bonchev–Trinajstić information content (AvgIpc) is 3.20. The van der Waals surface area contributed by atoms with E-state index < -0.39 is 49.6 Å². The maximum absolute atomic E-state index is 14.6. The van der Waals surface area contributed by atoms with Gasteiger partial charge in [-0.2, -0.15) is 4.31 Å². The number of carbonyl (C=O) groups excluding carboxylic acids is 1. The highest BCUT2D eigenvalue weighted by Gasteiger charge is 2.49. The van der Waals surface area contributed by atoms with Gasteiger partial charge in [0.25, 0.3) is 0 Å². The van der Waals surface area contributed by atoms with Gasteiger partial charge in [-0.05, 0) is 83.3 Å². The van der Waals surface area contributed by atoms with E-state index in [-0.39, 0.29) is 54.1 Å². The van der Waals surface area contributed by atoms with Crippen molar-refractivity contribution in [3.8, 4) is 0 Å². The second kappa shape index (κ2) is 13.1. The highest BCUT2D eigenvalue weighted by molar-refractivity contribution is 7.90. The van der Waals surface area contributed by atoms with Crippen molar-refractivity contribution in [2.45, 2.75) is 88.6 Å².